The van der Waals surface area contributed by atoms with Crippen LogP contribution in [0, 0.1) is 6.07 Å². The van der Waals surface area contributed by atoms with Crippen molar-refractivity contribution in [2.45, 2.75) is 26.7 Å². The molecule has 0 fully saturated rings. The summed E-state index contributed by atoms with van der Waals surface area (Å²) in [6.45, 7) is 7.05. The lowest BCUT2D eigenvalue weighted by Crippen LogP contribution is -1.97. The minimum atomic E-state index is 0.515. The van der Waals surface area contributed by atoms with Crippen molar-refractivity contribution in [3.05, 3.63) is 29.8 Å². The summed E-state index contributed by atoms with van der Waals surface area (Å²) in [4.78, 5) is 0. The van der Waals surface area contributed by atoms with Crippen LogP contribution in [-0.2, 0) is 0 Å². The first-order valence-corrected chi connectivity index (χ1v) is 4.38. The van der Waals surface area contributed by atoms with Crippen molar-refractivity contribution in [1.29, 1.82) is 0 Å². The molecule has 0 unspecified atom stereocenters. The monoisotopic (exact) mass is 163 g/mol. The predicted octanol–water partition coefficient (Wildman–Crippen LogP) is 3.01. The van der Waals surface area contributed by atoms with Crippen LogP contribution in [0.1, 0.15) is 32.3 Å². The summed E-state index contributed by atoms with van der Waals surface area (Å²) in [5, 5.41) is 0. The van der Waals surface area contributed by atoms with Gasteiger partial charge in [-0.15, -0.1) is 0 Å². The molecule has 0 heterocycles. The number of hydrogen-bond donors (Lipinski definition) is 0. The molecular formula is C11H15O. The van der Waals surface area contributed by atoms with Crippen molar-refractivity contribution in [2.24, 2.45) is 0 Å². The lowest BCUT2D eigenvalue weighted by atomic mass is 10.0. The van der Waals surface area contributed by atoms with Gasteiger partial charge < -0.3 is 4.74 Å². The molecule has 0 spiro atoms. The van der Waals surface area contributed by atoms with Gasteiger partial charge in [0.15, 0.2) is 0 Å². The van der Waals surface area contributed by atoms with E-state index in [4.69, 9.17) is 4.74 Å². The highest BCUT2D eigenvalue weighted by Crippen LogP contribution is 2.25. The lowest BCUT2D eigenvalue weighted by Gasteiger charge is -2.11. The van der Waals surface area contributed by atoms with Crippen molar-refractivity contribution in [3.63, 3.8) is 0 Å². The number of benzene rings is 1. The normalized spacial score (nSPS) is 10.3. The molecule has 0 aliphatic heterocycles. The first-order valence-electron chi connectivity index (χ1n) is 4.38. The van der Waals surface area contributed by atoms with Crippen LogP contribution >= 0.6 is 0 Å². The summed E-state index contributed by atoms with van der Waals surface area (Å²) < 4.78 is 5.47. The fraction of sp³-hybridized carbons (Fsp3) is 0.455. The van der Waals surface area contributed by atoms with Crippen molar-refractivity contribution in [3.8, 4) is 5.75 Å². The third-order valence-corrected chi connectivity index (χ3v) is 1.78. The Morgan fingerprint density at radius 1 is 1.50 bits per heavy atom. The highest BCUT2D eigenvalue weighted by atomic mass is 16.5. The molecule has 0 atom stereocenters. The second-order valence-corrected chi connectivity index (χ2v) is 3.05. The zero-order valence-electron chi connectivity index (χ0n) is 7.92. The minimum Gasteiger partial charge on any atom is -0.494 e. The third kappa shape index (κ3) is 2.00. The van der Waals surface area contributed by atoms with Gasteiger partial charge in [-0.1, -0.05) is 26.0 Å². The maximum Gasteiger partial charge on any atom is 0.123 e. The average Bonchev–Trinajstić information content (AvgIpc) is 2.05. The van der Waals surface area contributed by atoms with Crippen LogP contribution in [0.4, 0.5) is 0 Å². The molecule has 0 amide bonds. The zero-order valence-corrected chi connectivity index (χ0v) is 7.92. The summed E-state index contributed by atoms with van der Waals surface area (Å²) >= 11 is 0. The Hall–Kier alpha value is -0.980. The Kier molecular flexibility index (Phi) is 3.15. The van der Waals surface area contributed by atoms with E-state index in [0.717, 1.165) is 12.4 Å². The third-order valence-electron chi connectivity index (χ3n) is 1.78. The molecule has 65 valence electrons. The van der Waals surface area contributed by atoms with Crippen LogP contribution in [0.25, 0.3) is 0 Å². The summed E-state index contributed by atoms with van der Waals surface area (Å²) in [5.74, 6) is 1.48. The van der Waals surface area contributed by atoms with Gasteiger partial charge in [-0.3, -0.25) is 0 Å². The molecule has 1 rings (SSSR count). The number of hydrogen-bond acceptors (Lipinski definition) is 1. The fourth-order valence-electron chi connectivity index (χ4n) is 1.18. The Morgan fingerprint density at radius 3 is 2.83 bits per heavy atom. The van der Waals surface area contributed by atoms with Gasteiger partial charge in [-0.2, -0.15) is 0 Å². The minimum absolute atomic E-state index is 0.515. The summed E-state index contributed by atoms with van der Waals surface area (Å²) in [6, 6.07) is 8.91. The van der Waals surface area contributed by atoms with E-state index in [1.54, 1.807) is 0 Å². The van der Waals surface area contributed by atoms with Crippen LogP contribution in [-0.4, -0.2) is 6.61 Å². The molecule has 0 aromatic heterocycles. The van der Waals surface area contributed by atoms with Gasteiger partial charge in [-0.25, -0.2) is 0 Å². The van der Waals surface area contributed by atoms with E-state index in [-0.39, 0.29) is 0 Å². The van der Waals surface area contributed by atoms with Crippen LogP contribution < -0.4 is 4.74 Å². The maximum atomic E-state index is 5.47. The molecule has 1 aromatic rings. The largest absolute Gasteiger partial charge is 0.494 e. The van der Waals surface area contributed by atoms with Gasteiger partial charge in [0, 0.05) is 0 Å². The highest BCUT2D eigenvalue weighted by molar-refractivity contribution is 5.34. The molecule has 1 aromatic carbocycles. The van der Waals surface area contributed by atoms with E-state index < -0.39 is 0 Å². The first-order chi connectivity index (χ1) is 5.75. The van der Waals surface area contributed by atoms with E-state index in [2.05, 4.69) is 26.0 Å². The second-order valence-electron chi connectivity index (χ2n) is 3.05. The molecule has 12 heavy (non-hydrogen) atoms. The van der Waals surface area contributed by atoms with Gasteiger partial charge in [0.1, 0.15) is 5.75 Å². The van der Waals surface area contributed by atoms with Gasteiger partial charge in [-0.05, 0) is 30.5 Å². The highest BCUT2D eigenvalue weighted by Gasteiger charge is 2.05. The van der Waals surface area contributed by atoms with E-state index in [1.165, 1.54) is 5.56 Å². The van der Waals surface area contributed by atoms with E-state index in [0.29, 0.717) is 5.92 Å². The maximum absolute atomic E-state index is 5.47. The van der Waals surface area contributed by atoms with E-state index in [9.17, 15) is 0 Å². The molecule has 0 N–H and O–H groups in total. The van der Waals surface area contributed by atoms with Crippen molar-refractivity contribution in [2.75, 3.05) is 6.61 Å². The SMILES string of the molecule is CCOc1c[c]ccc1C(C)C. The predicted molar refractivity (Wildman–Crippen MR) is 50.5 cm³/mol. The Morgan fingerprint density at radius 2 is 2.25 bits per heavy atom. The summed E-state index contributed by atoms with van der Waals surface area (Å²) in [5.41, 5.74) is 1.26. The van der Waals surface area contributed by atoms with Crippen LogP contribution in [0.3, 0.4) is 0 Å². The second kappa shape index (κ2) is 4.15. The average molecular weight is 163 g/mol. The molecule has 0 aliphatic carbocycles. The Bertz CT molecular complexity index is 241. The Labute approximate surface area is 74.4 Å². The van der Waals surface area contributed by atoms with Crippen LogP contribution in [0.5, 0.6) is 5.75 Å². The summed E-state index contributed by atoms with van der Waals surface area (Å²) in [7, 11) is 0. The first kappa shape index (κ1) is 9.11. The molecular weight excluding hydrogens is 148 g/mol. The fourth-order valence-corrected chi connectivity index (χ4v) is 1.18. The van der Waals surface area contributed by atoms with Gasteiger partial charge >= 0.3 is 0 Å². The number of ether oxygens (including phenoxy) is 1. The van der Waals surface area contributed by atoms with Crippen molar-refractivity contribution >= 4 is 0 Å². The van der Waals surface area contributed by atoms with Gasteiger partial charge in [0.25, 0.3) is 0 Å². The van der Waals surface area contributed by atoms with Crippen molar-refractivity contribution < 1.29 is 4.74 Å². The molecule has 0 saturated carbocycles. The van der Waals surface area contributed by atoms with Crippen molar-refractivity contribution in [1.82, 2.24) is 0 Å². The topological polar surface area (TPSA) is 9.23 Å². The van der Waals surface area contributed by atoms with Crippen LogP contribution in [0.2, 0.25) is 0 Å². The Balaban J connectivity index is 2.92. The van der Waals surface area contributed by atoms with E-state index >= 15 is 0 Å². The quantitative estimate of drug-likeness (QED) is 0.665. The lowest BCUT2D eigenvalue weighted by molar-refractivity contribution is 0.335. The molecule has 0 bridgehead atoms. The molecule has 1 heteroatoms. The summed E-state index contributed by atoms with van der Waals surface area (Å²) in [6.07, 6.45) is 0. The van der Waals surface area contributed by atoms with E-state index in [1.807, 2.05) is 19.1 Å². The molecule has 1 nitrogen and oxygen atoms in total. The van der Waals surface area contributed by atoms with Gasteiger partial charge in [0.05, 0.1) is 6.61 Å². The van der Waals surface area contributed by atoms with Crippen LogP contribution in [0.15, 0.2) is 18.2 Å². The molecule has 1 radical (unpaired) electrons. The molecule has 0 aliphatic rings. The smallest absolute Gasteiger partial charge is 0.123 e. The van der Waals surface area contributed by atoms with Gasteiger partial charge in [0.2, 0.25) is 0 Å². The zero-order chi connectivity index (χ0) is 8.97. The molecule has 0 saturated heterocycles. The number of rotatable bonds is 3. The standard InChI is InChI=1S/C11H15O/c1-4-12-11-8-6-5-7-10(11)9(2)3/h5,7-9H,4H2,1-3H3.